The Bertz CT molecular complexity index is 1050. The zero-order valence-electron chi connectivity index (χ0n) is 13.6. The molecule has 3 rings (SSSR count). The summed E-state index contributed by atoms with van der Waals surface area (Å²) in [4.78, 5) is 29.3. The van der Waals surface area contributed by atoms with E-state index in [9.17, 15) is 18.4 Å². The van der Waals surface area contributed by atoms with Crippen molar-refractivity contribution in [3.8, 4) is 5.75 Å². The van der Waals surface area contributed by atoms with E-state index in [0.29, 0.717) is 20.9 Å². The summed E-state index contributed by atoms with van der Waals surface area (Å²) in [6.45, 7) is -1.66. The number of hydrogen-bond acceptors (Lipinski definition) is 4. The molecular weight excluding hydrogens is 410 g/mol. The lowest BCUT2D eigenvalue weighted by Gasteiger charge is -2.12. The average Bonchev–Trinajstić information content (AvgIpc) is 2.59. The number of alkyl halides is 2. The molecule has 1 heterocycles. The van der Waals surface area contributed by atoms with E-state index in [1.165, 1.54) is 18.5 Å². The van der Waals surface area contributed by atoms with Crippen LogP contribution in [0.3, 0.4) is 0 Å². The first-order valence-corrected chi connectivity index (χ1v) is 8.38. The van der Waals surface area contributed by atoms with Crippen molar-refractivity contribution in [1.82, 2.24) is 9.55 Å². The Morgan fingerprint density at radius 3 is 2.77 bits per heavy atom. The summed E-state index contributed by atoms with van der Waals surface area (Å²) < 4.78 is 31.4. The van der Waals surface area contributed by atoms with Crippen molar-refractivity contribution in [2.75, 3.05) is 0 Å². The molecular formula is C18H13BrF2N2O3. The van der Waals surface area contributed by atoms with Crippen molar-refractivity contribution in [1.29, 1.82) is 0 Å². The van der Waals surface area contributed by atoms with E-state index >= 15 is 0 Å². The highest BCUT2D eigenvalue weighted by molar-refractivity contribution is 9.10. The third-order valence-electron chi connectivity index (χ3n) is 3.75. The molecule has 0 aliphatic heterocycles. The molecule has 0 saturated heterocycles. The van der Waals surface area contributed by atoms with Crippen LogP contribution in [0, 0.1) is 6.92 Å². The monoisotopic (exact) mass is 422 g/mol. The van der Waals surface area contributed by atoms with Gasteiger partial charge in [0.2, 0.25) is 0 Å². The molecule has 1 aromatic heterocycles. The lowest BCUT2D eigenvalue weighted by molar-refractivity contribution is -0.0501. The van der Waals surface area contributed by atoms with Crippen molar-refractivity contribution in [3.05, 3.63) is 68.7 Å². The molecule has 2 aromatic carbocycles. The first-order chi connectivity index (χ1) is 12.3. The van der Waals surface area contributed by atoms with Gasteiger partial charge in [-0.15, -0.1) is 0 Å². The van der Waals surface area contributed by atoms with E-state index in [1.807, 2.05) is 0 Å². The van der Waals surface area contributed by atoms with Gasteiger partial charge in [-0.3, -0.25) is 14.2 Å². The zero-order chi connectivity index (χ0) is 18.8. The van der Waals surface area contributed by atoms with Crippen LogP contribution in [0.25, 0.3) is 10.9 Å². The summed E-state index contributed by atoms with van der Waals surface area (Å²) in [6, 6.07) is 9.38. The normalized spacial score (nSPS) is 11.1. The maximum Gasteiger partial charge on any atom is 0.387 e. The minimum Gasteiger partial charge on any atom is -0.434 e. The number of halogens is 3. The SMILES string of the molecule is Cc1ccc(OC(F)F)c(C(=O)Cn2cnc3ccc(Br)cc3c2=O)c1. The van der Waals surface area contributed by atoms with Crippen molar-refractivity contribution in [2.24, 2.45) is 0 Å². The maximum atomic E-state index is 12.6. The minimum atomic E-state index is -3.05. The van der Waals surface area contributed by atoms with E-state index in [-0.39, 0.29) is 17.9 Å². The van der Waals surface area contributed by atoms with Gasteiger partial charge in [0.1, 0.15) is 5.75 Å². The number of fused-ring (bicyclic) bond motifs is 1. The van der Waals surface area contributed by atoms with Crippen LogP contribution in [0.5, 0.6) is 5.75 Å². The number of benzene rings is 2. The number of ether oxygens (including phenoxy) is 1. The Morgan fingerprint density at radius 2 is 2.04 bits per heavy atom. The Labute approximate surface area is 155 Å². The van der Waals surface area contributed by atoms with Gasteiger partial charge in [0.25, 0.3) is 5.56 Å². The summed E-state index contributed by atoms with van der Waals surface area (Å²) >= 11 is 3.29. The largest absolute Gasteiger partial charge is 0.434 e. The second kappa shape index (κ2) is 7.33. The van der Waals surface area contributed by atoms with Gasteiger partial charge in [0.05, 0.1) is 29.3 Å². The minimum absolute atomic E-state index is 0.00783. The molecule has 0 spiro atoms. The van der Waals surface area contributed by atoms with E-state index in [2.05, 4.69) is 25.7 Å². The lowest BCUT2D eigenvalue weighted by atomic mass is 10.1. The predicted molar refractivity (Wildman–Crippen MR) is 95.8 cm³/mol. The molecule has 26 heavy (non-hydrogen) atoms. The van der Waals surface area contributed by atoms with Gasteiger partial charge in [-0.2, -0.15) is 8.78 Å². The molecule has 0 atom stereocenters. The fraction of sp³-hybridized carbons (Fsp3) is 0.167. The van der Waals surface area contributed by atoms with Crippen molar-refractivity contribution in [2.45, 2.75) is 20.1 Å². The molecule has 0 amide bonds. The molecule has 134 valence electrons. The molecule has 0 aliphatic carbocycles. The van der Waals surface area contributed by atoms with E-state index < -0.39 is 18.0 Å². The van der Waals surface area contributed by atoms with Crippen molar-refractivity contribution >= 4 is 32.6 Å². The molecule has 3 aromatic rings. The van der Waals surface area contributed by atoms with Gasteiger partial charge >= 0.3 is 6.61 Å². The fourth-order valence-electron chi connectivity index (χ4n) is 2.54. The van der Waals surface area contributed by atoms with Gasteiger partial charge in [0.15, 0.2) is 5.78 Å². The van der Waals surface area contributed by atoms with Crippen LogP contribution in [0.2, 0.25) is 0 Å². The van der Waals surface area contributed by atoms with Gasteiger partial charge < -0.3 is 4.74 Å². The number of aromatic nitrogens is 2. The van der Waals surface area contributed by atoms with Gasteiger partial charge in [0, 0.05) is 4.47 Å². The smallest absolute Gasteiger partial charge is 0.387 e. The number of nitrogens with zero attached hydrogens (tertiary/aromatic N) is 2. The number of rotatable bonds is 5. The highest BCUT2D eigenvalue weighted by Crippen LogP contribution is 2.23. The molecule has 0 N–H and O–H groups in total. The molecule has 0 saturated carbocycles. The number of aryl methyl sites for hydroxylation is 1. The van der Waals surface area contributed by atoms with Crippen LogP contribution in [0.4, 0.5) is 8.78 Å². The Balaban J connectivity index is 1.98. The number of ketones is 1. The first-order valence-electron chi connectivity index (χ1n) is 7.58. The van der Waals surface area contributed by atoms with Gasteiger partial charge in [-0.25, -0.2) is 4.98 Å². The van der Waals surface area contributed by atoms with Crippen LogP contribution < -0.4 is 10.3 Å². The highest BCUT2D eigenvalue weighted by Gasteiger charge is 2.17. The molecule has 0 radical (unpaired) electrons. The second-order valence-electron chi connectivity index (χ2n) is 5.64. The molecule has 0 aliphatic rings. The summed E-state index contributed by atoms with van der Waals surface area (Å²) in [7, 11) is 0. The van der Waals surface area contributed by atoms with Crippen LogP contribution >= 0.6 is 15.9 Å². The quantitative estimate of drug-likeness (QED) is 0.584. The summed E-state index contributed by atoms with van der Waals surface area (Å²) in [6.07, 6.45) is 1.26. The standard InChI is InChI=1S/C18H13BrF2N2O3/c1-10-2-5-16(26-18(20)21)13(6-10)15(24)8-23-9-22-14-4-3-11(19)7-12(14)17(23)25/h2-7,9,18H,8H2,1H3. The van der Waals surface area contributed by atoms with Crippen LogP contribution in [0.1, 0.15) is 15.9 Å². The number of hydrogen-bond donors (Lipinski definition) is 0. The average molecular weight is 423 g/mol. The first kappa shape index (κ1) is 18.2. The molecule has 0 fully saturated rings. The predicted octanol–water partition coefficient (Wildman–Crippen LogP) is 3.95. The van der Waals surface area contributed by atoms with Crippen LogP contribution in [-0.2, 0) is 6.54 Å². The van der Waals surface area contributed by atoms with E-state index in [0.717, 1.165) is 4.57 Å². The van der Waals surface area contributed by atoms with Crippen molar-refractivity contribution < 1.29 is 18.3 Å². The topological polar surface area (TPSA) is 61.2 Å². The highest BCUT2D eigenvalue weighted by atomic mass is 79.9. The van der Waals surface area contributed by atoms with E-state index in [1.54, 1.807) is 31.2 Å². The summed E-state index contributed by atoms with van der Waals surface area (Å²) in [5.41, 5.74) is 0.808. The number of Topliss-reactive ketones (excluding diaryl/α,β-unsaturated/α-hetero) is 1. The summed E-state index contributed by atoms with van der Waals surface area (Å²) in [5.74, 6) is -0.747. The Kier molecular flexibility index (Phi) is 5.13. The number of carbonyl (C=O) groups excluding carboxylic acids is 1. The van der Waals surface area contributed by atoms with Crippen molar-refractivity contribution in [3.63, 3.8) is 0 Å². The third-order valence-corrected chi connectivity index (χ3v) is 4.24. The molecule has 8 heteroatoms. The Hall–Kier alpha value is -2.61. The molecule has 0 bridgehead atoms. The summed E-state index contributed by atoms with van der Waals surface area (Å²) in [5, 5.41) is 0.350. The van der Waals surface area contributed by atoms with Crippen LogP contribution in [-0.4, -0.2) is 21.9 Å². The van der Waals surface area contributed by atoms with Gasteiger partial charge in [-0.1, -0.05) is 27.6 Å². The fourth-order valence-corrected chi connectivity index (χ4v) is 2.91. The Morgan fingerprint density at radius 1 is 1.27 bits per heavy atom. The number of carbonyl (C=O) groups is 1. The third kappa shape index (κ3) is 3.80. The zero-order valence-corrected chi connectivity index (χ0v) is 15.2. The van der Waals surface area contributed by atoms with Gasteiger partial charge in [-0.05, 0) is 37.3 Å². The maximum absolute atomic E-state index is 12.6. The lowest BCUT2D eigenvalue weighted by Crippen LogP contribution is -2.25. The molecule has 0 unspecified atom stereocenters. The second-order valence-corrected chi connectivity index (χ2v) is 6.56. The van der Waals surface area contributed by atoms with E-state index in [4.69, 9.17) is 0 Å². The molecule has 5 nitrogen and oxygen atoms in total. The van der Waals surface area contributed by atoms with Crippen LogP contribution in [0.15, 0.2) is 52.0 Å².